The summed E-state index contributed by atoms with van der Waals surface area (Å²) in [5, 5.41) is 9.44. The predicted octanol–water partition coefficient (Wildman–Crippen LogP) is 5.08. The maximum absolute atomic E-state index is 8.82. The molecule has 2 aromatic carbocycles. The van der Waals surface area contributed by atoms with Gasteiger partial charge in [0.2, 0.25) is 0 Å². The van der Waals surface area contributed by atoms with E-state index in [1.165, 1.54) is 0 Å². The zero-order valence-corrected chi connectivity index (χ0v) is 12.4. The van der Waals surface area contributed by atoms with Crippen molar-refractivity contribution in [3.05, 3.63) is 53.6 Å². The summed E-state index contributed by atoms with van der Waals surface area (Å²) in [6, 6.07) is 18.2. The van der Waals surface area contributed by atoms with E-state index in [2.05, 4.69) is 18.2 Å². The molecule has 0 amide bonds. The van der Waals surface area contributed by atoms with Gasteiger partial charge in [0.1, 0.15) is 5.75 Å². The highest BCUT2D eigenvalue weighted by Gasteiger charge is 2.43. The number of hydrogen-bond donors (Lipinski definition) is 0. The van der Waals surface area contributed by atoms with E-state index in [0.717, 1.165) is 24.0 Å². The molecule has 0 heterocycles. The minimum absolute atomic E-state index is 0.0657. The largest absolute Gasteiger partial charge is 0.491 e. The lowest BCUT2D eigenvalue weighted by Gasteiger charge is -2.14. The Morgan fingerprint density at radius 3 is 2.48 bits per heavy atom. The van der Waals surface area contributed by atoms with Gasteiger partial charge >= 0.3 is 0 Å². The van der Waals surface area contributed by atoms with Gasteiger partial charge < -0.3 is 4.74 Å². The highest BCUT2D eigenvalue weighted by Crippen LogP contribution is 2.49. The summed E-state index contributed by atoms with van der Waals surface area (Å²) in [6.45, 7) is 0.574. The molecule has 2 nitrogen and oxygen atoms in total. The fraction of sp³-hybridized carbons (Fsp3) is 0.278. The zero-order chi connectivity index (χ0) is 14.7. The lowest BCUT2D eigenvalue weighted by Crippen LogP contribution is -2.12. The molecule has 1 aliphatic rings. The van der Waals surface area contributed by atoms with Crippen LogP contribution in [0.2, 0.25) is 5.02 Å². The summed E-state index contributed by atoms with van der Waals surface area (Å²) in [4.78, 5) is 0. The molecule has 0 bridgehead atoms. The Balaban J connectivity index is 1.72. The molecule has 106 valence electrons. The van der Waals surface area contributed by atoms with Crippen LogP contribution in [0.4, 0.5) is 0 Å². The van der Waals surface area contributed by atoms with Crippen LogP contribution < -0.4 is 4.74 Å². The summed E-state index contributed by atoms with van der Waals surface area (Å²) in [5.74, 6) is 0.695. The van der Waals surface area contributed by atoms with Crippen molar-refractivity contribution in [3.8, 4) is 22.9 Å². The van der Waals surface area contributed by atoms with E-state index in [4.69, 9.17) is 21.6 Å². The molecule has 0 unspecified atom stereocenters. The van der Waals surface area contributed by atoms with Crippen LogP contribution in [0.15, 0.2) is 48.5 Å². The van der Waals surface area contributed by atoms with Gasteiger partial charge in [-0.15, -0.1) is 0 Å². The van der Waals surface area contributed by atoms with E-state index in [0.29, 0.717) is 23.8 Å². The van der Waals surface area contributed by atoms with E-state index in [1.54, 1.807) is 0 Å². The minimum Gasteiger partial charge on any atom is -0.491 e. The van der Waals surface area contributed by atoms with Crippen LogP contribution in [0.25, 0.3) is 11.1 Å². The first-order valence-corrected chi connectivity index (χ1v) is 7.45. The minimum atomic E-state index is 0.0657. The van der Waals surface area contributed by atoms with Crippen molar-refractivity contribution < 1.29 is 4.74 Å². The van der Waals surface area contributed by atoms with Gasteiger partial charge in [0, 0.05) is 11.8 Å². The van der Waals surface area contributed by atoms with Gasteiger partial charge in [-0.05, 0) is 36.1 Å². The Hall–Kier alpha value is -1.98. The fourth-order valence-corrected chi connectivity index (χ4v) is 2.61. The highest BCUT2D eigenvalue weighted by atomic mass is 35.5. The van der Waals surface area contributed by atoms with Crippen LogP contribution in [-0.2, 0) is 0 Å². The van der Waals surface area contributed by atoms with E-state index < -0.39 is 0 Å². The van der Waals surface area contributed by atoms with Gasteiger partial charge in [0.05, 0.1) is 17.7 Å². The van der Waals surface area contributed by atoms with E-state index in [1.807, 2.05) is 36.4 Å². The van der Waals surface area contributed by atoms with Crippen molar-refractivity contribution in [2.75, 3.05) is 6.61 Å². The Labute approximate surface area is 129 Å². The number of halogens is 1. The van der Waals surface area contributed by atoms with Crippen molar-refractivity contribution in [1.82, 2.24) is 0 Å². The second-order valence-electron chi connectivity index (χ2n) is 5.63. The SMILES string of the molecule is N#CCC1(COc2ccc(-c3ccccc3)cc2Cl)CC1. The van der Waals surface area contributed by atoms with E-state index in [9.17, 15) is 0 Å². The Kier molecular flexibility index (Phi) is 3.86. The van der Waals surface area contributed by atoms with Crippen molar-refractivity contribution in [3.63, 3.8) is 0 Å². The molecule has 1 aliphatic carbocycles. The first-order valence-electron chi connectivity index (χ1n) is 7.07. The fourth-order valence-electron chi connectivity index (χ4n) is 2.38. The molecule has 1 saturated carbocycles. The topological polar surface area (TPSA) is 33.0 Å². The van der Waals surface area contributed by atoms with E-state index >= 15 is 0 Å². The highest BCUT2D eigenvalue weighted by molar-refractivity contribution is 6.32. The standard InChI is InChI=1S/C18H16ClNO/c19-16-12-15(14-4-2-1-3-5-14)6-7-17(16)21-13-18(8-9-18)10-11-20/h1-7,12H,8-10,13H2. The van der Waals surface area contributed by atoms with Gasteiger partial charge in [-0.25, -0.2) is 0 Å². The van der Waals surface area contributed by atoms with Crippen molar-refractivity contribution in [1.29, 1.82) is 5.26 Å². The average molecular weight is 298 g/mol. The number of nitriles is 1. The van der Waals surface area contributed by atoms with Gasteiger partial charge in [0.15, 0.2) is 0 Å². The van der Waals surface area contributed by atoms with Gasteiger partial charge in [-0.3, -0.25) is 0 Å². The smallest absolute Gasteiger partial charge is 0.137 e. The lowest BCUT2D eigenvalue weighted by molar-refractivity contribution is 0.237. The first kappa shape index (κ1) is 14.0. The molecule has 0 atom stereocenters. The number of hydrogen-bond acceptors (Lipinski definition) is 2. The molecule has 0 aliphatic heterocycles. The molecule has 0 aromatic heterocycles. The van der Waals surface area contributed by atoms with Crippen molar-refractivity contribution in [2.24, 2.45) is 5.41 Å². The Bertz CT molecular complexity index is 671. The first-order chi connectivity index (χ1) is 10.2. The summed E-state index contributed by atoms with van der Waals surface area (Å²) in [7, 11) is 0. The molecule has 2 aromatic rings. The third-order valence-corrected chi connectivity index (χ3v) is 4.28. The summed E-state index contributed by atoms with van der Waals surface area (Å²) >= 11 is 6.32. The predicted molar refractivity (Wildman–Crippen MR) is 84.3 cm³/mol. The van der Waals surface area contributed by atoms with Crippen LogP contribution in [0.3, 0.4) is 0 Å². The number of ether oxygens (including phenoxy) is 1. The summed E-state index contributed by atoms with van der Waals surface area (Å²) in [6.07, 6.45) is 2.70. The van der Waals surface area contributed by atoms with Gasteiger partial charge in [-0.1, -0.05) is 48.0 Å². The lowest BCUT2D eigenvalue weighted by atomic mass is 10.0. The molecule has 21 heavy (non-hydrogen) atoms. The molecule has 0 N–H and O–H groups in total. The normalized spacial score (nSPS) is 15.2. The van der Waals surface area contributed by atoms with Crippen LogP contribution in [0.5, 0.6) is 5.75 Å². The molecule has 3 heteroatoms. The van der Waals surface area contributed by atoms with E-state index in [-0.39, 0.29) is 5.41 Å². The third kappa shape index (κ3) is 3.20. The molecule has 0 radical (unpaired) electrons. The second kappa shape index (κ2) is 5.79. The zero-order valence-electron chi connectivity index (χ0n) is 11.7. The van der Waals surface area contributed by atoms with Crippen LogP contribution >= 0.6 is 11.6 Å². The Morgan fingerprint density at radius 1 is 1.10 bits per heavy atom. The molecular weight excluding hydrogens is 282 g/mol. The molecule has 0 spiro atoms. The van der Waals surface area contributed by atoms with Gasteiger partial charge in [0.25, 0.3) is 0 Å². The second-order valence-corrected chi connectivity index (χ2v) is 6.04. The molecule has 1 fully saturated rings. The van der Waals surface area contributed by atoms with Crippen LogP contribution in [0.1, 0.15) is 19.3 Å². The van der Waals surface area contributed by atoms with Crippen LogP contribution in [0, 0.1) is 16.7 Å². The van der Waals surface area contributed by atoms with Crippen molar-refractivity contribution in [2.45, 2.75) is 19.3 Å². The quantitative estimate of drug-likeness (QED) is 0.771. The third-order valence-electron chi connectivity index (χ3n) is 3.98. The number of benzene rings is 2. The maximum Gasteiger partial charge on any atom is 0.137 e. The Morgan fingerprint density at radius 2 is 1.86 bits per heavy atom. The maximum atomic E-state index is 8.82. The molecule has 3 rings (SSSR count). The number of rotatable bonds is 5. The molecular formula is C18H16ClNO. The summed E-state index contributed by atoms with van der Waals surface area (Å²) in [5.41, 5.74) is 2.27. The monoisotopic (exact) mass is 297 g/mol. The molecule has 0 saturated heterocycles. The summed E-state index contributed by atoms with van der Waals surface area (Å²) < 4.78 is 5.82. The van der Waals surface area contributed by atoms with Crippen LogP contribution in [-0.4, -0.2) is 6.61 Å². The van der Waals surface area contributed by atoms with Gasteiger partial charge in [-0.2, -0.15) is 5.26 Å². The van der Waals surface area contributed by atoms with Crippen molar-refractivity contribution >= 4 is 11.6 Å². The number of nitrogens with zero attached hydrogens (tertiary/aromatic N) is 1. The average Bonchev–Trinajstić information content (AvgIpc) is 3.27.